The van der Waals surface area contributed by atoms with Crippen LogP contribution in [0.2, 0.25) is 0 Å². The molecule has 0 aliphatic carbocycles. The maximum Gasteiger partial charge on any atom is 0.254 e. The fourth-order valence-corrected chi connectivity index (χ4v) is 3.56. The van der Waals surface area contributed by atoms with Gasteiger partial charge in [-0.2, -0.15) is 0 Å². The highest BCUT2D eigenvalue weighted by atomic mass is 19.2. The lowest BCUT2D eigenvalue weighted by molar-refractivity contribution is 0.0651. The van der Waals surface area contributed by atoms with Gasteiger partial charge >= 0.3 is 0 Å². The Morgan fingerprint density at radius 1 is 1.12 bits per heavy atom. The van der Waals surface area contributed by atoms with Gasteiger partial charge in [0.25, 0.3) is 11.8 Å². The number of hydrogen-bond donors (Lipinski definition) is 3. The standard InChI is InChI=1S/C24H23F2N5O2/c1-14-10-16(6-7-17(14)24(33)31-8-3-9-31)30-21-11-20(18(13-29-21)23(27)32)28-12-15-4-2-5-19(25)22(15)26/h2,4-7,10-11,13H,3,8-9,12H2,1H3,(H2,27,32)(H2,28,29,30). The predicted molar refractivity (Wildman–Crippen MR) is 121 cm³/mol. The van der Waals surface area contributed by atoms with Gasteiger partial charge in [0.15, 0.2) is 11.6 Å². The summed E-state index contributed by atoms with van der Waals surface area (Å²) in [4.78, 5) is 30.3. The van der Waals surface area contributed by atoms with E-state index in [4.69, 9.17) is 5.73 Å². The van der Waals surface area contributed by atoms with E-state index >= 15 is 0 Å². The fourth-order valence-electron chi connectivity index (χ4n) is 3.56. The Labute approximate surface area is 189 Å². The van der Waals surface area contributed by atoms with Crippen molar-refractivity contribution in [2.24, 2.45) is 5.73 Å². The highest BCUT2D eigenvalue weighted by molar-refractivity contribution is 5.99. The number of rotatable bonds is 7. The number of carbonyl (C=O) groups is 2. The molecule has 1 aromatic heterocycles. The number of benzene rings is 2. The lowest BCUT2D eigenvalue weighted by Crippen LogP contribution is -2.42. The molecule has 3 aromatic rings. The van der Waals surface area contributed by atoms with Crippen LogP contribution in [-0.4, -0.2) is 34.8 Å². The summed E-state index contributed by atoms with van der Waals surface area (Å²) in [5.74, 6) is -2.19. The number of anilines is 3. The van der Waals surface area contributed by atoms with E-state index in [0.717, 1.165) is 31.1 Å². The SMILES string of the molecule is Cc1cc(Nc2cc(NCc3cccc(F)c3F)c(C(N)=O)cn2)ccc1C(=O)N1CCC1. The Hall–Kier alpha value is -4.01. The molecule has 0 saturated carbocycles. The lowest BCUT2D eigenvalue weighted by atomic mass is 10.0. The molecule has 0 radical (unpaired) electrons. The van der Waals surface area contributed by atoms with E-state index < -0.39 is 17.5 Å². The smallest absolute Gasteiger partial charge is 0.254 e. The number of carbonyl (C=O) groups excluding carboxylic acids is 2. The average Bonchev–Trinajstić information content (AvgIpc) is 2.73. The van der Waals surface area contributed by atoms with Crippen molar-refractivity contribution in [2.75, 3.05) is 23.7 Å². The summed E-state index contributed by atoms with van der Waals surface area (Å²) >= 11 is 0. The highest BCUT2D eigenvalue weighted by Crippen LogP contribution is 2.25. The molecule has 2 amide bonds. The molecule has 170 valence electrons. The van der Waals surface area contributed by atoms with Gasteiger partial charge < -0.3 is 21.3 Å². The molecule has 1 aliphatic rings. The van der Waals surface area contributed by atoms with Crippen LogP contribution in [-0.2, 0) is 6.54 Å². The number of hydrogen-bond acceptors (Lipinski definition) is 5. The van der Waals surface area contributed by atoms with Gasteiger partial charge in [0.2, 0.25) is 0 Å². The second kappa shape index (κ2) is 9.23. The van der Waals surface area contributed by atoms with Crippen LogP contribution in [0.5, 0.6) is 0 Å². The zero-order valence-electron chi connectivity index (χ0n) is 18.0. The molecule has 0 bridgehead atoms. The van der Waals surface area contributed by atoms with Gasteiger partial charge in [-0.3, -0.25) is 9.59 Å². The van der Waals surface area contributed by atoms with E-state index in [2.05, 4.69) is 15.6 Å². The predicted octanol–water partition coefficient (Wildman–Crippen LogP) is 3.97. The molecule has 1 aliphatic heterocycles. The molecular formula is C24H23F2N5O2. The summed E-state index contributed by atoms with van der Waals surface area (Å²) in [6.45, 7) is 3.37. The van der Waals surface area contributed by atoms with Gasteiger partial charge in [0.1, 0.15) is 5.82 Å². The third-order valence-corrected chi connectivity index (χ3v) is 5.54. The average molecular weight is 451 g/mol. The second-order valence-electron chi connectivity index (χ2n) is 7.85. The monoisotopic (exact) mass is 451 g/mol. The number of amides is 2. The third kappa shape index (κ3) is 4.77. The second-order valence-corrected chi connectivity index (χ2v) is 7.85. The van der Waals surface area contributed by atoms with Crippen LogP contribution in [0.1, 0.15) is 38.3 Å². The van der Waals surface area contributed by atoms with Crippen molar-refractivity contribution in [1.82, 2.24) is 9.88 Å². The minimum absolute atomic E-state index is 0.0188. The maximum atomic E-state index is 14.0. The number of aryl methyl sites for hydroxylation is 1. The van der Waals surface area contributed by atoms with Gasteiger partial charge in [-0.15, -0.1) is 0 Å². The number of halogens is 2. The zero-order valence-corrected chi connectivity index (χ0v) is 18.0. The van der Waals surface area contributed by atoms with Crippen molar-refractivity contribution < 1.29 is 18.4 Å². The van der Waals surface area contributed by atoms with Crippen LogP contribution < -0.4 is 16.4 Å². The van der Waals surface area contributed by atoms with Crippen LogP contribution in [0.3, 0.4) is 0 Å². The maximum absolute atomic E-state index is 14.0. The Kier molecular flexibility index (Phi) is 6.21. The first kappa shape index (κ1) is 22.2. The molecule has 33 heavy (non-hydrogen) atoms. The molecular weight excluding hydrogens is 428 g/mol. The normalized spacial score (nSPS) is 12.8. The zero-order chi connectivity index (χ0) is 23.5. The summed E-state index contributed by atoms with van der Waals surface area (Å²) in [5, 5.41) is 6.06. The van der Waals surface area contributed by atoms with Crippen LogP contribution in [0.25, 0.3) is 0 Å². The summed E-state index contributed by atoms with van der Waals surface area (Å²) in [5.41, 5.74) is 8.16. The summed E-state index contributed by atoms with van der Waals surface area (Å²) in [7, 11) is 0. The van der Waals surface area contributed by atoms with E-state index in [1.165, 1.54) is 18.3 Å². The van der Waals surface area contributed by atoms with Gasteiger partial charge in [0, 0.05) is 48.7 Å². The minimum Gasteiger partial charge on any atom is -0.380 e. The fraction of sp³-hybridized carbons (Fsp3) is 0.208. The van der Waals surface area contributed by atoms with Crippen molar-refractivity contribution in [1.29, 1.82) is 0 Å². The van der Waals surface area contributed by atoms with E-state index in [1.807, 2.05) is 13.0 Å². The summed E-state index contributed by atoms with van der Waals surface area (Å²) < 4.78 is 27.5. The van der Waals surface area contributed by atoms with Gasteiger partial charge in [-0.05, 0) is 43.2 Å². The first-order valence-electron chi connectivity index (χ1n) is 10.5. The molecule has 9 heteroatoms. The number of nitrogens with two attached hydrogens (primary N) is 1. The molecule has 2 heterocycles. The molecule has 1 fully saturated rings. The minimum atomic E-state index is -0.957. The Morgan fingerprint density at radius 2 is 1.91 bits per heavy atom. The number of pyridine rings is 1. The number of likely N-dealkylation sites (tertiary alicyclic amines) is 1. The number of aromatic nitrogens is 1. The van der Waals surface area contributed by atoms with E-state index in [-0.39, 0.29) is 23.6 Å². The van der Waals surface area contributed by atoms with Crippen molar-refractivity contribution in [3.8, 4) is 0 Å². The topological polar surface area (TPSA) is 100 Å². The van der Waals surface area contributed by atoms with Crippen molar-refractivity contribution in [3.63, 3.8) is 0 Å². The van der Waals surface area contributed by atoms with Crippen molar-refractivity contribution in [2.45, 2.75) is 19.9 Å². The molecule has 4 rings (SSSR count). The molecule has 2 aromatic carbocycles. The Balaban J connectivity index is 1.53. The summed E-state index contributed by atoms with van der Waals surface area (Å²) in [6, 6.07) is 10.8. The van der Waals surface area contributed by atoms with Crippen LogP contribution in [0, 0.1) is 18.6 Å². The highest BCUT2D eigenvalue weighted by Gasteiger charge is 2.22. The van der Waals surface area contributed by atoms with E-state index in [9.17, 15) is 18.4 Å². The third-order valence-electron chi connectivity index (χ3n) is 5.54. The number of nitrogens with zero attached hydrogens (tertiary/aromatic N) is 2. The van der Waals surface area contributed by atoms with Crippen molar-refractivity contribution >= 4 is 29.0 Å². The molecule has 1 saturated heterocycles. The lowest BCUT2D eigenvalue weighted by Gasteiger charge is -2.31. The molecule has 7 nitrogen and oxygen atoms in total. The summed E-state index contributed by atoms with van der Waals surface area (Å²) in [6.07, 6.45) is 2.34. The van der Waals surface area contributed by atoms with E-state index in [1.54, 1.807) is 23.1 Å². The quantitative estimate of drug-likeness (QED) is 0.505. The Morgan fingerprint density at radius 3 is 2.58 bits per heavy atom. The van der Waals surface area contributed by atoms with Gasteiger partial charge in [-0.25, -0.2) is 13.8 Å². The van der Waals surface area contributed by atoms with Crippen LogP contribution in [0.15, 0.2) is 48.7 Å². The molecule has 0 atom stereocenters. The number of nitrogens with one attached hydrogen (secondary N) is 2. The van der Waals surface area contributed by atoms with Gasteiger partial charge in [-0.1, -0.05) is 12.1 Å². The van der Waals surface area contributed by atoms with Crippen LogP contribution >= 0.6 is 0 Å². The molecule has 0 spiro atoms. The van der Waals surface area contributed by atoms with Crippen molar-refractivity contribution in [3.05, 3.63) is 82.5 Å². The molecule has 4 N–H and O–H groups in total. The Bertz CT molecular complexity index is 1230. The molecule has 0 unspecified atom stereocenters. The first-order chi connectivity index (χ1) is 15.8. The van der Waals surface area contributed by atoms with E-state index in [0.29, 0.717) is 22.8 Å². The number of primary amides is 1. The van der Waals surface area contributed by atoms with Gasteiger partial charge in [0.05, 0.1) is 11.3 Å². The van der Waals surface area contributed by atoms with Crippen LogP contribution in [0.4, 0.5) is 26.0 Å². The first-order valence-corrected chi connectivity index (χ1v) is 10.5. The largest absolute Gasteiger partial charge is 0.380 e.